The molecule has 1 fully saturated rings. The van der Waals surface area contributed by atoms with Crippen molar-refractivity contribution >= 4 is 34.7 Å². The number of aliphatic hydroxyl groups excluding tert-OH is 2. The van der Waals surface area contributed by atoms with Crippen LogP contribution in [0.4, 0.5) is 9.93 Å². The third kappa shape index (κ3) is 4.29. The quantitative estimate of drug-likeness (QED) is 0.755. The van der Waals surface area contributed by atoms with Gasteiger partial charge in [-0.3, -0.25) is 5.32 Å². The van der Waals surface area contributed by atoms with Crippen LogP contribution in [-0.2, 0) is 5.41 Å². The SMILES string of the molecule is CC(C)(C)c1cnc(C=Cc2cnc(NC(=O)N3C[C@@H](O)[C@H](O)C3)s2)o1. The van der Waals surface area contributed by atoms with Crippen LogP contribution in [0.5, 0.6) is 0 Å². The number of carbonyl (C=O) groups excluding carboxylic acids is 1. The Kier molecular flexibility index (Phi) is 5.12. The first-order valence-corrected chi connectivity index (χ1v) is 9.06. The zero-order valence-corrected chi connectivity index (χ0v) is 15.7. The normalized spacial score (nSPS) is 20.9. The highest BCUT2D eigenvalue weighted by molar-refractivity contribution is 7.16. The minimum Gasteiger partial charge on any atom is -0.441 e. The standard InChI is InChI=1S/C17H22N4O4S/c1-17(2,3)13-7-18-14(25-13)5-4-10-6-19-15(26-10)20-16(24)21-8-11(22)12(23)9-21/h4-7,11-12,22-23H,8-9H2,1-3H3,(H,19,20,24)/t11-,12-/m1/s1. The maximum Gasteiger partial charge on any atom is 0.323 e. The lowest BCUT2D eigenvalue weighted by Gasteiger charge is -2.14. The van der Waals surface area contributed by atoms with Gasteiger partial charge in [0.15, 0.2) is 5.13 Å². The summed E-state index contributed by atoms with van der Waals surface area (Å²) in [6.07, 6.45) is 5.11. The number of amides is 2. The molecule has 1 aliphatic heterocycles. The molecule has 0 aliphatic carbocycles. The molecule has 0 unspecified atom stereocenters. The molecule has 0 spiro atoms. The fraction of sp³-hybridized carbons (Fsp3) is 0.471. The zero-order valence-electron chi connectivity index (χ0n) is 14.8. The number of β-amino-alcohol motifs (C(OH)–C–C–N with tert-alkyl or cyclic N) is 2. The molecule has 26 heavy (non-hydrogen) atoms. The largest absolute Gasteiger partial charge is 0.441 e. The van der Waals surface area contributed by atoms with Crippen LogP contribution in [0.3, 0.4) is 0 Å². The van der Waals surface area contributed by atoms with Crippen molar-refractivity contribution < 1.29 is 19.4 Å². The molecule has 3 rings (SSSR count). The van der Waals surface area contributed by atoms with Gasteiger partial charge in [0.25, 0.3) is 0 Å². The van der Waals surface area contributed by atoms with Gasteiger partial charge in [0.1, 0.15) is 5.76 Å². The molecule has 3 heterocycles. The molecule has 1 saturated heterocycles. The minimum absolute atomic E-state index is 0.0994. The van der Waals surface area contributed by atoms with E-state index in [1.54, 1.807) is 18.5 Å². The zero-order chi connectivity index (χ0) is 18.9. The summed E-state index contributed by atoms with van der Waals surface area (Å²) in [5.74, 6) is 1.32. The first-order chi connectivity index (χ1) is 12.2. The second kappa shape index (κ2) is 7.18. The summed E-state index contributed by atoms with van der Waals surface area (Å²) in [4.78, 5) is 22.7. The van der Waals surface area contributed by atoms with Gasteiger partial charge >= 0.3 is 6.03 Å². The molecule has 1 aliphatic rings. The molecule has 0 saturated carbocycles. The fourth-order valence-electron chi connectivity index (χ4n) is 2.39. The Morgan fingerprint density at radius 3 is 2.58 bits per heavy atom. The van der Waals surface area contributed by atoms with Gasteiger partial charge < -0.3 is 19.5 Å². The van der Waals surface area contributed by atoms with Gasteiger partial charge in [-0.05, 0) is 6.08 Å². The number of hydrogen-bond donors (Lipinski definition) is 3. The van der Waals surface area contributed by atoms with Gasteiger partial charge in [-0.1, -0.05) is 32.1 Å². The lowest BCUT2D eigenvalue weighted by Crippen LogP contribution is -2.33. The van der Waals surface area contributed by atoms with Crippen LogP contribution in [0.2, 0.25) is 0 Å². The number of nitrogens with one attached hydrogen (secondary N) is 1. The number of rotatable bonds is 3. The molecule has 0 bridgehead atoms. The third-order valence-corrected chi connectivity index (χ3v) is 4.81. The minimum atomic E-state index is -0.908. The Hall–Kier alpha value is -2.23. The third-order valence-electron chi connectivity index (χ3n) is 3.94. The molecule has 2 aromatic heterocycles. The molecule has 9 heteroatoms. The smallest absolute Gasteiger partial charge is 0.323 e. The Balaban J connectivity index is 1.59. The van der Waals surface area contributed by atoms with Crippen molar-refractivity contribution in [2.24, 2.45) is 0 Å². The number of hydrogen-bond acceptors (Lipinski definition) is 7. The molecule has 140 valence electrons. The predicted octanol–water partition coefficient (Wildman–Crippen LogP) is 2.17. The van der Waals surface area contributed by atoms with E-state index in [0.717, 1.165) is 10.6 Å². The van der Waals surface area contributed by atoms with E-state index < -0.39 is 18.2 Å². The van der Waals surface area contributed by atoms with E-state index in [2.05, 4.69) is 36.1 Å². The number of carbonyl (C=O) groups is 1. The van der Waals surface area contributed by atoms with Crippen molar-refractivity contribution in [2.75, 3.05) is 18.4 Å². The van der Waals surface area contributed by atoms with Crippen LogP contribution in [0.15, 0.2) is 16.8 Å². The van der Waals surface area contributed by atoms with Crippen LogP contribution >= 0.6 is 11.3 Å². The summed E-state index contributed by atoms with van der Waals surface area (Å²) in [5.41, 5.74) is -0.0994. The molecule has 0 radical (unpaired) electrons. The van der Waals surface area contributed by atoms with Gasteiger partial charge in [-0.15, -0.1) is 0 Å². The summed E-state index contributed by atoms with van der Waals surface area (Å²) < 4.78 is 5.69. The lowest BCUT2D eigenvalue weighted by molar-refractivity contribution is 0.0572. The van der Waals surface area contributed by atoms with E-state index in [9.17, 15) is 15.0 Å². The summed E-state index contributed by atoms with van der Waals surface area (Å²) in [5, 5.41) is 22.1. The fourth-order valence-corrected chi connectivity index (χ4v) is 3.10. The van der Waals surface area contributed by atoms with E-state index >= 15 is 0 Å². The second-order valence-electron chi connectivity index (χ2n) is 7.18. The number of aliphatic hydroxyl groups is 2. The van der Waals surface area contributed by atoms with Crippen LogP contribution in [0.25, 0.3) is 12.2 Å². The Bertz CT molecular complexity index is 798. The maximum absolute atomic E-state index is 12.1. The molecule has 2 amide bonds. The van der Waals surface area contributed by atoms with E-state index in [0.29, 0.717) is 11.0 Å². The van der Waals surface area contributed by atoms with Crippen molar-refractivity contribution in [1.82, 2.24) is 14.9 Å². The number of likely N-dealkylation sites (tertiary alicyclic amines) is 1. The molecule has 3 N–H and O–H groups in total. The van der Waals surface area contributed by atoms with Gasteiger partial charge in [-0.2, -0.15) is 0 Å². The van der Waals surface area contributed by atoms with Crippen LogP contribution in [0, 0.1) is 0 Å². The van der Waals surface area contributed by atoms with Crippen molar-refractivity contribution in [1.29, 1.82) is 0 Å². The molecule has 8 nitrogen and oxygen atoms in total. The van der Waals surface area contributed by atoms with Gasteiger partial charge in [0.2, 0.25) is 5.89 Å². The number of oxazole rings is 1. The van der Waals surface area contributed by atoms with E-state index in [1.165, 1.54) is 16.2 Å². The van der Waals surface area contributed by atoms with Gasteiger partial charge in [-0.25, -0.2) is 14.8 Å². The molecule has 2 atom stereocenters. The Morgan fingerprint density at radius 1 is 1.27 bits per heavy atom. The van der Waals surface area contributed by atoms with Crippen LogP contribution in [-0.4, -0.2) is 56.4 Å². The van der Waals surface area contributed by atoms with Crippen LogP contribution in [0.1, 0.15) is 37.3 Å². The maximum atomic E-state index is 12.1. The average Bonchev–Trinajstić information content (AvgIpc) is 3.26. The Labute approximate surface area is 155 Å². The van der Waals surface area contributed by atoms with Crippen molar-refractivity contribution in [3.63, 3.8) is 0 Å². The number of urea groups is 1. The topological polar surface area (TPSA) is 112 Å². The highest BCUT2D eigenvalue weighted by atomic mass is 32.1. The molecule has 0 aromatic carbocycles. The highest BCUT2D eigenvalue weighted by Gasteiger charge is 2.32. The first-order valence-electron chi connectivity index (χ1n) is 8.24. The summed E-state index contributed by atoms with van der Waals surface area (Å²) >= 11 is 1.30. The Morgan fingerprint density at radius 2 is 1.96 bits per heavy atom. The highest BCUT2D eigenvalue weighted by Crippen LogP contribution is 2.25. The predicted molar refractivity (Wildman–Crippen MR) is 98.9 cm³/mol. The van der Waals surface area contributed by atoms with Crippen molar-refractivity contribution in [2.45, 2.75) is 38.4 Å². The molecular formula is C17H22N4O4S. The molecule has 2 aromatic rings. The summed E-state index contributed by atoms with van der Waals surface area (Å²) in [7, 11) is 0. The van der Waals surface area contributed by atoms with Gasteiger partial charge in [0, 0.05) is 22.6 Å². The number of thiazole rings is 1. The average molecular weight is 378 g/mol. The number of anilines is 1. The van der Waals surface area contributed by atoms with Gasteiger partial charge in [0.05, 0.1) is 31.5 Å². The van der Waals surface area contributed by atoms with E-state index in [4.69, 9.17) is 4.42 Å². The summed E-state index contributed by atoms with van der Waals surface area (Å²) in [6, 6.07) is -0.395. The first kappa shape index (κ1) is 18.6. The lowest BCUT2D eigenvalue weighted by atomic mass is 9.94. The number of aromatic nitrogens is 2. The second-order valence-corrected chi connectivity index (χ2v) is 8.25. The molecular weight excluding hydrogens is 356 g/mol. The van der Waals surface area contributed by atoms with Crippen molar-refractivity contribution in [3.8, 4) is 0 Å². The van der Waals surface area contributed by atoms with E-state index in [-0.39, 0.29) is 18.5 Å². The van der Waals surface area contributed by atoms with Crippen molar-refractivity contribution in [3.05, 3.63) is 28.9 Å². The number of nitrogens with zero attached hydrogens (tertiary/aromatic N) is 3. The van der Waals surface area contributed by atoms with Crippen LogP contribution < -0.4 is 5.32 Å². The summed E-state index contributed by atoms with van der Waals surface area (Å²) in [6.45, 7) is 6.36. The monoisotopic (exact) mass is 378 g/mol. The van der Waals surface area contributed by atoms with E-state index in [1.807, 2.05) is 6.08 Å².